The van der Waals surface area contributed by atoms with Crippen molar-refractivity contribution in [3.8, 4) is 0 Å². The van der Waals surface area contributed by atoms with Crippen molar-refractivity contribution in [2.75, 3.05) is 11.9 Å². The Balaban J connectivity index is 1.79. The van der Waals surface area contributed by atoms with Gasteiger partial charge in [-0.2, -0.15) is 0 Å². The number of hydrogen-bond donors (Lipinski definition) is 3. The molecule has 2 aromatic rings. The molecule has 1 fully saturated rings. The van der Waals surface area contributed by atoms with E-state index in [4.69, 9.17) is 11.5 Å². The van der Waals surface area contributed by atoms with Crippen LogP contribution in [0.5, 0.6) is 0 Å². The van der Waals surface area contributed by atoms with Crippen LogP contribution in [0.2, 0.25) is 0 Å². The molecule has 1 saturated heterocycles. The molecule has 0 radical (unpaired) electrons. The first-order valence-electron chi connectivity index (χ1n) is 9.02. The fourth-order valence-electron chi connectivity index (χ4n) is 3.30. The van der Waals surface area contributed by atoms with E-state index in [0.717, 1.165) is 11.3 Å². The fraction of sp³-hybridized carbons (Fsp3) is 0.316. The number of carbonyl (C=O) groups is 4. The monoisotopic (exact) mass is 415 g/mol. The molecule has 2 atom stereocenters. The van der Waals surface area contributed by atoms with Gasteiger partial charge in [-0.3, -0.25) is 24.2 Å². The van der Waals surface area contributed by atoms with Gasteiger partial charge in [0.2, 0.25) is 5.91 Å². The number of nitrogens with one attached hydrogen (secondary N) is 1. The second-order valence-corrected chi connectivity index (χ2v) is 8.12. The SMILES string of the molecule is C[C@H]1CCC(c2ccc(C(N)=O)s2)N(C(=O)C(=O)Nc2cncc(C(N)=O)c2)C1. The lowest BCUT2D eigenvalue weighted by Crippen LogP contribution is -2.46. The molecule has 10 heteroatoms. The van der Waals surface area contributed by atoms with E-state index in [0.29, 0.717) is 17.8 Å². The van der Waals surface area contributed by atoms with Crippen LogP contribution in [-0.4, -0.2) is 40.1 Å². The van der Waals surface area contributed by atoms with Gasteiger partial charge in [0.05, 0.1) is 28.4 Å². The second-order valence-electron chi connectivity index (χ2n) is 7.00. The molecule has 3 rings (SSSR count). The number of rotatable bonds is 4. The standard InChI is InChI=1S/C19H21N5O4S/c1-10-2-3-13(14-4-5-15(29-14)17(21)26)24(9-10)19(28)18(27)23-12-6-11(16(20)25)7-22-8-12/h4-8,10,13H,2-3,9H2,1H3,(H2,20,25)(H2,21,26)(H,23,27)/t10-,13?/m0/s1. The Morgan fingerprint density at radius 3 is 2.55 bits per heavy atom. The highest BCUT2D eigenvalue weighted by atomic mass is 32.1. The lowest BCUT2D eigenvalue weighted by atomic mass is 9.93. The minimum absolute atomic E-state index is 0.122. The smallest absolute Gasteiger partial charge is 0.313 e. The van der Waals surface area contributed by atoms with Crippen molar-refractivity contribution < 1.29 is 19.2 Å². The molecule has 1 aliphatic heterocycles. The molecule has 1 unspecified atom stereocenters. The third kappa shape index (κ3) is 4.60. The Morgan fingerprint density at radius 1 is 1.14 bits per heavy atom. The van der Waals surface area contributed by atoms with Crippen LogP contribution in [0.25, 0.3) is 0 Å². The first kappa shape index (κ1) is 20.5. The van der Waals surface area contributed by atoms with Gasteiger partial charge in [0.15, 0.2) is 0 Å². The number of carbonyl (C=O) groups excluding carboxylic acids is 4. The molecule has 0 spiro atoms. The van der Waals surface area contributed by atoms with E-state index >= 15 is 0 Å². The molecule has 29 heavy (non-hydrogen) atoms. The molecule has 152 valence electrons. The molecule has 3 heterocycles. The van der Waals surface area contributed by atoms with E-state index in [1.165, 1.54) is 34.7 Å². The van der Waals surface area contributed by atoms with Gasteiger partial charge >= 0.3 is 11.8 Å². The van der Waals surface area contributed by atoms with E-state index in [-0.39, 0.29) is 23.2 Å². The van der Waals surface area contributed by atoms with Crippen molar-refractivity contribution in [1.29, 1.82) is 0 Å². The Bertz CT molecular complexity index is 973. The molecule has 0 bridgehead atoms. The molecule has 9 nitrogen and oxygen atoms in total. The number of primary amides is 2. The first-order chi connectivity index (χ1) is 13.8. The summed E-state index contributed by atoms with van der Waals surface area (Å²) in [7, 11) is 0. The minimum Gasteiger partial charge on any atom is -0.366 e. The fourth-order valence-corrected chi connectivity index (χ4v) is 4.30. The van der Waals surface area contributed by atoms with E-state index in [2.05, 4.69) is 10.3 Å². The van der Waals surface area contributed by atoms with Crippen LogP contribution in [0.3, 0.4) is 0 Å². The zero-order chi connectivity index (χ0) is 21.1. The number of nitrogens with two attached hydrogens (primary N) is 2. The number of aromatic nitrogens is 1. The molecule has 2 aromatic heterocycles. The van der Waals surface area contributed by atoms with Crippen molar-refractivity contribution in [2.45, 2.75) is 25.8 Å². The lowest BCUT2D eigenvalue weighted by Gasteiger charge is -2.37. The maximum absolute atomic E-state index is 12.9. The van der Waals surface area contributed by atoms with Crippen LogP contribution < -0.4 is 16.8 Å². The second kappa shape index (κ2) is 8.39. The molecule has 0 aliphatic carbocycles. The molecule has 0 saturated carbocycles. The maximum Gasteiger partial charge on any atom is 0.313 e. The van der Waals surface area contributed by atoms with Gasteiger partial charge in [-0.15, -0.1) is 11.3 Å². The van der Waals surface area contributed by atoms with Gasteiger partial charge in [-0.25, -0.2) is 0 Å². The summed E-state index contributed by atoms with van der Waals surface area (Å²) in [5.74, 6) is -2.51. The van der Waals surface area contributed by atoms with E-state index < -0.39 is 23.6 Å². The first-order valence-corrected chi connectivity index (χ1v) is 9.84. The molecule has 0 aromatic carbocycles. The predicted molar refractivity (Wildman–Crippen MR) is 107 cm³/mol. The maximum atomic E-state index is 12.9. The lowest BCUT2D eigenvalue weighted by molar-refractivity contribution is -0.146. The summed E-state index contributed by atoms with van der Waals surface area (Å²) in [6.07, 6.45) is 4.17. The summed E-state index contributed by atoms with van der Waals surface area (Å²) in [6, 6.07) is 4.45. The van der Waals surface area contributed by atoms with Gasteiger partial charge in [-0.05, 0) is 37.0 Å². The summed E-state index contributed by atoms with van der Waals surface area (Å²) in [5, 5.41) is 2.47. The van der Waals surface area contributed by atoms with Crippen LogP contribution in [0.15, 0.2) is 30.6 Å². The predicted octanol–water partition coefficient (Wildman–Crippen LogP) is 1.28. The highest BCUT2D eigenvalue weighted by molar-refractivity contribution is 7.14. The summed E-state index contributed by atoms with van der Waals surface area (Å²) in [4.78, 5) is 54.7. The Labute approximate surface area is 171 Å². The van der Waals surface area contributed by atoms with Gasteiger partial charge in [0.25, 0.3) is 5.91 Å². The number of anilines is 1. The van der Waals surface area contributed by atoms with Crippen LogP contribution in [0.1, 0.15) is 50.7 Å². The van der Waals surface area contributed by atoms with Gasteiger partial charge in [-0.1, -0.05) is 6.92 Å². The number of thiophene rings is 1. The number of hydrogen-bond acceptors (Lipinski definition) is 6. The minimum atomic E-state index is -0.834. The van der Waals surface area contributed by atoms with E-state index in [9.17, 15) is 19.2 Å². The summed E-state index contributed by atoms with van der Waals surface area (Å²) in [5.41, 5.74) is 10.9. The molecular weight excluding hydrogens is 394 g/mol. The third-order valence-electron chi connectivity index (χ3n) is 4.75. The van der Waals surface area contributed by atoms with E-state index in [1.54, 1.807) is 12.1 Å². The van der Waals surface area contributed by atoms with Gasteiger partial charge in [0, 0.05) is 17.6 Å². The molecule has 5 N–H and O–H groups in total. The van der Waals surface area contributed by atoms with Gasteiger partial charge in [0.1, 0.15) is 0 Å². The quantitative estimate of drug-likeness (QED) is 0.643. The normalized spacial score (nSPS) is 18.9. The summed E-state index contributed by atoms with van der Waals surface area (Å²) < 4.78 is 0. The Kier molecular flexibility index (Phi) is 5.92. The number of likely N-dealkylation sites (tertiary alicyclic amines) is 1. The highest BCUT2D eigenvalue weighted by Crippen LogP contribution is 2.36. The van der Waals surface area contributed by atoms with E-state index in [1.807, 2.05) is 6.92 Å². The van der Waals surface area contributed by atoms with Gasteiger partial charge < -0.3 is 21.7 Å². The summed E-state index contributed by atoms with van der Waals surface area (Å²) >= 11 is 1.23. The van der Waals surface area contributed by atoms with Crippen molar-refractivity contribution >= 4 is 40.7 Å². The number of nitrogens with zero attached hydrogens (tertiary/aromatic N) is 2. The van der Waals surface area contributed by atoms with Crippen LogP contribution in [-0.2, 0) is 9.59 Å². The number of pyridine rings is 1. The highest BCUT2D eigenvalue weighted by Gasteiger charge is 2.35. The summed E-state index contributed by atoms with van der Waals surface area (Å²) in [6.45, 7) is 2.43. The van der Waals surface area contributed by atoms with Crippen molar-refractivity contribution in [3.05, 3.63) is 45.9 Å². The zero-order valence-electron chi connectivity index (χ0n) is 15.8. The Hall–Kier alpha value is -3.27. The van der Waals surface area contributed by atoms with Crippen LogP contribution in [0, 0.1) is 5.92 Å². The Morgan fingerprint density at radius 2 is 1.90 bits per heavy atom. The molecule has 4 amide bonds. The molecular formula is C19H21N5O4S. The third-order valence-corrected chi connectivity index (χ3v) is 5.95. The number of amides is 4. The van der Waals surface area contributed by atoms with Crippen LogP contribution >= 0.6 is 11.3 Å². The van der Waals surface area contributed by atoms with Crippen molar-refractivity contribution in [2.24, 2.45) is 17.4 Å². The zero-order valence-corrected chi connectivity index (χ0v) is 16.6. The van der Waals surface area contributed by atoms with Crippen molar-refractivity contribution in [3.63, 3.8) is 0 Å². The topological polar surface area (TPSA) is 148 Å². The van der Waals surface area contributed by atoms with Crippen LogP contribution in [0.4, 0.5) is 5.69 Å². The average molecular weight is 415 g/mol. The largest absolute Gasteiger partial charge is 0.366 e. The number of piperidine rings is 1. The average Bonchev–Trinajstić information content (AvgIpc) is 3.17. The molecule has 1 aliphatic rings. The van der Waals surface area contributed by atoms with Crippen molar-refractivity contribution in [1.82, 2.24) is 9.88 Å².